The van der Waals surface area contributed by atoms with Crippen molar-refractivity contribution in [3.8, 4) is 6.07 Å². The summed E-state index contributed by atoms with van der Waals surface area (Å²) in [5.41, 5.74) is 1.10. The Balaban J connectivity index is 2.60. The van der Waals surface area contributed by atoms with Gasteiger partial charge in [-0.2, -0.15) is 5.26 Å². The molecule has 3 nitrogen and oxygen atoms in total. The van der Waals surface area contributed by atoms with Gasteiger partial charge in [-0.25, -0.2) is 0 Å². The largest absolute Gasteiger partial charge is 0.325 e. The van der Waals surface area contributed by atoms with E-state index in [4.69, 9.17) is 5.26 Å². The van der Waals surface area contributed by atoms with Crippen LogP contribution in [0.4, 0.5) is 5.69 Å². The summed E-state index contributed by atoms with van der Waals surface area (Å²) in [6, 6.07) is 9.07. The van der Waals surface area contributed by atoms with Crippen LogP contribution in [0.15, 0.2) is 24.3 Å². The van der Waals surface area contributed by atoms with Gasteiger partial charge in [0.05, 0.1) is 11.3 Å². The van der Waals surface area contributed by atoms with Crippen molar-refractivity contribution in [3.05, 3.63) is 29.8 Å². The third-order valence-electron chi connectivity index (χ3n) is 2.27. The Kier molecular flexibility index (Phi) is 4.53. The molecule has 0 radical (unpaired) electrons. The lowest BCUT2D eigenvalue weighted by atomic mass is 10.1. The number of hydrogen-bond acceptors (Lipinski definition) is 2. The van der Waals surface area contributed by atoms with E-state index in [9.17, 15) is 4.79 Å². The molecule has 0 atom stereocenters. The number of amides is 1. The SMILES string of the molecule is CC(C)CCC(=O)Nc1ccccc1C#N. The van der Waals surface area contributed by atoms with E-state index in [1.54, 1.807) is 24.3 Å². The highest BCUT2D eigenvalue weighted by Crippen LogP contribution is 2.14. The van der Waals surface area contributed by atoms with Crippen molar-refractivity contribution in [1.29, 1.82) is 5.26 Å². The number of rotatable bonds is 4. The fourth-order valence-electron chi connectivity index (χ4n) is 1.32. The first-order valence-electron chi connectivity index (χ1n) is 5.42. The lowest BCUT2D eigenvalue weighted by Gasteiger charge is -2.07. The predicted molar refractivity (Wildman–Crippen MR) is 63.9 cm³/mol. The summed E-state index contributed by atoms with van der Waals surface area (Å²) in [6.45, 7) is 4.16. The Morgan fingerprint density at radius 3 is 2.75 bits per heavy atom. The Labute approximate surface area is 96.1 Å². The quantitative estimate of drug-likeness (QED) is 0.841. The molecule has 0 saturated carbocycles. The average Bonchev–Trinajstić information content (AvgIpc) is 2.27. The summed E-state index contributed by atoms with van der Waals surface area (Å²) in [6.07, 6.45) is 1.36. The van der Waals surface area contributed by atoms with Crippen LogP contribution in [0.2, 0.25) is 0 Å². The van der Waals surface area contributed by atoms with Crippen molar-refractivity contribution in [3.63, 3.8) is 0 Å². The van der Waals surface area contributed by atoms with Crippen molar-refractivity contribution in [1.82, 2.24) is 0 Å². The lowest BCUT2D eigenvalue weighted by Crippen LogP contribution is -2.13. The van der Waals surface area contributed by atoms with E-state index in [1.165, 1.54) is 0 Å². The molecule has 0 aromatic heterocycles. The topological polar surface area (TPSA) is 52.9 Å². The molecular weight excluding hydrogens is 200 g/mol. The molecule has 0 aliphatic heterocycles. The second-order valence-electron chi connectivity index (χ2n) is 4.14. The minimum absolute atomic E-state index is 0.0311. The number of carbonyl (C=O) groups excluding carboxylic acids is 1. The second-order valence-corrected chi connectivity index (χ2v) is 4.14. The highest BCUT2D eigenvalue weighted by molar-refractivity contribution is 5.92. The minimum atomic E-state index is -0.0311. The van der Waals surface area contributed by atoms with Gasteiger partial charge >= 0.3 is 0 Å². The Morgan fingerprint density at radius 1 is 1.44 bits per heavy atom. The number of carbonyl (C=O) groups is 1. The minimum Gasteiger partial charge on any atom is -0.325 e. The zero-order valence-electron chi connectivity index (χ0n) is 9.66. The molecule has 0 bridgehead atoms. The van der Waals surface area contributed by atoms with Crippen molar-refractivity contribution in [2.45, 2.75) is 26.7 Å². The fraction of sp³-hybridized carbons (Fsp3) is 0.385. The van der Waals surface area contributed by atoms with Crippen LogP contribution in [0.1, 0.15) is 32.3 Å². The molecule has 1 aromatic rings. The molecule has 0 heterocycles. The maximum Gasteiger partial charge on any atom is 0.224 e. The first kappa shape index (κ1) is 12.3. The summed E-state index contributed by atoms with van der Waals surface area (Å²) >= 11 is 0. The van der Waals surface area contributed by atoms with E-state index in [0.29, 0.717) is 23.6 Å². The fourth-order valence-corrected chi connectivity index (χ4v) is 1.32. The number of benzene rings is 1. The van der Waals surface area contributed by atoms with Crippen molar-refractivity contribution < 1.29 is 4.79 Å². The molecule has 16 heavy (non-hydrogen) atoms. The number of nitrogens with zero attached hydrogens (tertiary/aromatic N) is 1. The molecule has 0 fully saturated rings. The van der Waals surface area contributed by atoms with Gasteiger partial charge in [-0.1, -0.05) is 26.0 Å². The lowest BCUT2D eigenvalue weighted by molar-refractivity contribution is -0.116. The van der Waals surface area contributed by atoms with Crippen LogP contribution in [0.5, 0.6) is 0 Å². The number of para-hydroxylation sites is 1. The Morgan fingerprint density at radius 2 is 2.12 bits per heavy atom. The standard InChI is InChI=1S/C13H16N2O/c1-10(2)7-8-13(16)15-12-6-4-3-5-11(12)9-14/h3-6,10H,7-8H2,1-2H3,(H,15,16). The number of hydrogen-bond donors (Lipinski definition) is 1. The molecule has 1 aromatic carbocycles. The first-order valence-corrected chi connectivity index (χ1v) is 5.42. The zero-order chi connectivity index (χ0) is 12.0. The molecule has 1 N–H and O–H groups in total. The maximum absolute atomic E-state index is 11.6. The predicted octanol–water partition coefficient (Wildman–Crippen LogP) is 2.93. The third-order valence-corrected chi connectivity index (χ3v) is 2.27. The molecule has 0 spiro atoms. The maximum atomic E-state index is 11.6. The normalized spacial score (nSPS) is 9.88. The van der Waals surface area contributed by atoms with Gasteiger partial charge in [-0.15, -0.1) is 0 Å². The molecule has 3 heteroatoms. The van der Waals surface area contributed by atoms with Gasteiger partial charge in [0.15, 0.2) is 0 Å². The van der Waals surface area contributed by atoms with E-state index in [-0.39, 0.29) is 5.91 Å². The smallest absolute Gasteiger partial charge is 0.224 e. The number of anilines is 1. The van der Waals surface area contributed by atoms with Crippen molar-refractivity contribution in [2.75, 3.05) is 5.32 Å². The number of nitriles is 1. The van der Waals surface area contributed by atoms with Crippen LogP contribution in [-0.4, -0.2) is 5.91 Å². The van der Waals surface area contributed by atoms with Crippen LogP contribution < -0.4 is 5.32 Å². The van der Waals surface area contributed by atoms with Crippen molar-refractivity contribution in [2.24, 2.45) is 5.92 Å². The van der Waals surface area contributed by atoms with Gasteiger partial charge in [0, 0.05) is 6.42 Å². The third kappa shape index (κ3) is 3.74. The highest BCUT2D eigenvalue weighted by Gasteiger charge is 2.06. The van der Waals surface area contributed by atoms with Crippen LogP contribution in [0.25, 0.3) is 0 Å². The monoisotopic (exact) mass is 216 g/mol. The van der Waals surface area contributed by atoms with Crippen LogP contribution >= 0.6 is 0 Å². The Bertz CT molecular complexity index is 405. The number of nitrogens with one attached hydrogen (secondary N) is 1. The first-order chi connectivity index (χ1) is 7.63. The van der Waals surface area contributed by atoms with Crippen LogP contribution in [0.3, 0.4) is 0 Å². The van der Waals surface area contributed by atoms with Gasteiger partial charge in [0.1, 0.15) is 6.07 Å². The van der Waals surface area contributed by atoms with E-state index in [2.05, 4.69) is 25.2 Å². The summed E-state index contributed by atoms with van der Waals surface area (Å²) in [5, 5.41) is 11.6. The molecular formula is C13H16N2O. The summed E-state index contributed by atoms with van der Waals surface area (Å²) < 4.78 is 0. The highest BCUT2D eigenvalue weighted by atomic mass is 16.1. The molecule has 0 unspecified atom stereocenters. The van der Waals surface area contributed by atoms with Gasteiger partial charge < -0.3 is 5.32 Å². The summed E-state index contributed by atoms with van der Waals surface area (Å²) in [4.78, 5) is 11.6. The average molecular weight is 216 g/mol. The van der Waals surface area contributed by atoms with E-state index >= 15 is 0 Å². The molecule has 0 aliphatic carbocycles. The molecule has 0 saturated heterocycles. The van der Waals surface area contributed by atoms with E-state index in [0.717, 1.165) is 6.42 Å². The zero-order valence-corrected chi connectivity index (χ0v) is 9.66. The van der Waals surface area contributed by atoms with Crippen LogP contribution in [0, 0.1) is 17.2 Å². The van der Waals surface area contributed by atoms with Gasteiger partial charge in [-0.3, -0.25) is 4.79 Å². The van der Waals surface area contributed by atoms with Gasteiger partial charge in [0.25, 0.3) is 0 Å². The molecule has 1 amide bonds. The van der Waals surface area contributed by atoms with E-state index < -0.39 is 0 Å². The van der Waals surface area contributed by atoms with E-state index in [1.807, 2.05) is 0 Å². The van der Waals surface area contributed by atoms with Crippen LogP contribution in [-0.2, 0) is 4.79 Å². The van der Waals surface area contributed by atoms with Gasteiger partial charge in [-0.05, 0) is 24.5 Å². The Hall–Kier alpha value is -1.82. The molecule has 0 aliphatic rings. The van der Waals surface area contributed by atoms with Gasteiger partial charge in [0.2, 0.25) is 5.91 Å². The summed E-state index contributed by atoms with van der Waals surface area (Å²) in [5.74, 6) is 0.480. The summed E-state index contributed by atoms with van der Waals surface area (Å²) in [7, 11) is 0. The molecule has 1 rings (SSSR count). The van der Waals surface area contributed by atoms with Crippen molar-refractivity contribution >= 4 is 11.6 Å². The second kappa shape index (κ2) is 5.92. The molecule has 84 valence electrons.